The summed E-state index contributed by atoms with van der Waals surface area (Å²) >= 11 is 3.42. The Hall–Kier alpha value is -0.830. The zero-order chi connectivity index (χ0) is 10.1. The second-order valence-corrected chi connectivity index (χ2v) is 4.42. The van der Waals surface area contributed by atoms with Crippen molar-refractivity contribution >= 4 is 27.4 Å². The Labute approximate surface area is 92.0 Å². The van der Waals surface area contributed by atoms with Crippen LogP contribution in [0.5, 0.6) is 0 Å². The maximum absolute atomic E-state index is 11.2. The molecule has 0 amide bonds. The first-order valence-corrected chi connectivity index (χ1v) is 5.53. The van der Waals surface area contributed by atoms with Gasteiger partial charge in [0.2, 0.25) is 0 Å². The molecule has 14 heavy (non-hydrogen) atoms. The summed E-state index contributed by atoms with van der Waals surface area (Å²) in [5.74, 6) is 0.104. The molecule has 0 bridgehead atoms. The second-order valence-electron chi connectivity index (χ2n) is 3.56. The zero-order valence-electron chi connectivity index (χ0n) is 8.09. The molecule has 74 valence electrons. The van der Waals surface area contributed by atoms with E-state index in [-0.39, 0.29) is 5.78 Å². The van der Waals surface area contributed by atoms with Crippen molar-refractivity contribution in [2.45, 2.75) is 13.3 Å². The number of halogens is 1. The molecule has 2 nitrogen and oxygen atoms in total. The molecule has 1 aliphatic heterocycles. The van der Waals surface area contributed by atoms with E-state index < -0.39 is 0 Å². The first-order chi connectivity index (χ1) is 6.68. The van der Waals surface area contributed by atoms with Gasteiger partial charge < -0.3 is 4.90 Å². The fraction of sp³-hybridized carbons (Fsp3) is 0.364. The van der Waals surface area contributed by atoms with Crippen molar-refractivity contribution < 1.29 is 4.79 Å². The lowest BCUT2D eigenvalue weighted by Crippen LogP contribution is -2.36. The molecule has 0 saturated carbocycles. The average molecular weight is 254 g/mol. The summed E-state index contributed by atoms with van der Waals surface area (Å²) in [7, 11) is 0. The number of anilines is 1. The number of hydrogen-bond acceptors (Lipinski definition) is 2. The van der Waals surface area contributed by atoms with Crippen molar-refractivity contribution in [2.24, 2.45) is 0 Å². The minimum absolute atomic E-state index is 0.104. The molecule has 1 fully saturated rings. The molecule has 1 saturated heterocycles. The molecule has 0 aromatic heterocycles. The molecule has 0 N–H and O–H groups in total. The van der Waals surface area contributed by atoms with E-state index in [1.165, 1.54) is 12.1 Å². The summed E-state index contributed by atoms with van der Waals surface area (Å²) < 4.78 is 0.898. The molecule has 2 rings (SSSR count). The van der Waals surface area contributed by atoms with Gasteiger partial charge in [0.05, 0.1) is 0 Å². The normalized spacial score (nSPS) is 15.1. The van der Waals surface area contributed by atoms with Crippen LogP contribution in [0.4, 0.5) is 5.69 Å². The number of carbonyl (C=O) groups excluding carboxylic acids is 1. The number of benzene rings is 1. The first-order valence-electron chi connectivity index (χ1n) is 4.74. The van der Waals surface area contributed by atoms with Gasteiger partial charge in [-0.3, -0.25) is 4.79 Å². The van der Waals surface area contributed by atoms with Gasteiger partial charge in [0, 0.05) is 28.8 Å². The van der Waals surface area contributed by atoms with Crippen molar-refractivity contribution in [2.75, 3.05) is 18.0 Å². The van der Waals surface area contributed by atoms with Crippen LogP contribution < -0.4 is 4.90 Å². The van der Waals surface area contributed by atoms with E-state index in [1.54, 1.807) is 6.92 Å². The Morgan fingerprint density at radius 2 is 2.14 bits per heavy atom. The molecule has 0 unspecified atom stereocenters. The van der Waals surface area contributed by atoms with E-state index in [4.69, 9.17) is 0 Å². The van der Waals surface area contributed by atoms with Crippen LogP contribution in [0.15, 0.2) is 22.7 Å². The smallest absolute Gasteiger partial charge is 0.160 e. The summed E-state index contributed by atoms with van der Waals surface area (Å²) in [5, 5.41) is 0. The van der Waals surface area contributed by atoms with Crippen LogP contribution in [0.25, 0.3) is 0 Å². The topological polar surface area (TPSA) is 20.3 Å². The van der Waals surface area contributed by atoms with Crippen molar-refractivity contribution in [1.29, 1.82) is 0 Å². The molecule has 1 aromatic rings. The minimum Gasteiger partial charge on any atom is -0.371 e. The first kappa shape index (κ1) is 9.71. The van der Waals surface area contributed by atoms with Gasteiger partial charge in [-0.05, 0) is 47.5 Å². The largest absolute Gasteiger partial charge is 0.371 e. The molecule has 1 aliphatic rings. The van der Waals surface area contributed by atoms with Crippen LogP contribution in [-0.4, -0.2) is 18.9 Å². The highest BCUT2D eigenvalue weighted by Gasteiger charge is 2.15. The molecule has 0 aliphatic carbocycles. The Kier molecular flexibility index (Phi) is 2.59. The molecular formula is C11H12BrNO. The summed E-state index contributed by atoms with van der Waals surface area (Å²) in [4.78, 5) is 13.5. The monoisotopic (exact) mass is 253 g/mol. The van der Waals surface area contributed by atoms with Crippen molar-refractivity contribution in [3.8, 4) is 0 Å². The highest BCUT2D eigenvalue weighted by Crippen LogP contribution is 2.27. The fourth-order valence-electron chi connectivity index (χ4n) is 1.56. The molecule has 1 heterocycles. The van der Waals surface area contributed by atoms with Gasteiger partial charge in [-0.2, -0.15) is 0 Å². The summed E-state index contributed by atoms with van der Waals surface area (Å²) in [5.41, 5.74) is 1.96. The van der Waals surface area contributed by atoms with E-state index in [2.05, 4.69) is 20.8 Å². The van der Waals surface area contributed by atoms with Crippen LogP contribution in [0.3, 0.4) is 0 Å². The third kappa shape index (κ3) is 1.69. The molecule has 0 spiro atoms. The molecule has 0 radical (unpaired) electrons. The van der Waals surface area contributed by atoms with Gasteiger partial charge in [-0.15, -0.1) is 0 Å². The van der Waals surface area contributed by atoms with Crippen molar-refractivity contribution in [1.82, 2.24) is 0 Å². The van der Waals surface area contributed by atoms with E-state index in [0.29, 0.717) is 0 Å². The van der Waals surface area contributed by atoms with Gasteiger partial charge in [-0.1, -0.05) is 0 Å². The van der Waals surface area contributed by atoms with Gasteiger partial charge in [0.1, 0.15) is 0 Å². The summed E-state index contributed by atoms with van der Waals surface area (Å²) in [6.07, 6.45) is 1.27. The lowest BCUT2D eigenvalue weighted by atomic mass is 10.1. The summed E-state index contributed by atoms with van der Waals surface area (Å²) in [6, 6.07) is 5.93. The molecule has 0 atom stereocenters. The lowest BCUT2D eigenvalue weighted by Gasteiger charge is -2.33. The van der Waals surface area contributed by atoms with Crippen LogP contribution in [0.2, 0.25) is 0 Å². The maximum Gasteiger partial charge on any atom is 0.160 e. The standard InChI is InChI=1S/C11H12BrNO/c1-8(14)10-4-3-9(7-11(10)12)13-5-2-6-13/h3-4,7H,2,5-6H2,1H3. The fourth-order valence-corrected chi connectivity index (χ4v) is 2.21. The van der Waals surface area contributed by atoms with Crippen LogP contribution >= 0.6 is 15.9 Å². The molecular weight excluding hydrogens is 242 g/mol. The maximum atomic E-state index is 11.2. The Balaban J connectivity index is 2.30. The number of carbonyl (C=O) groups is 1. The van der Waals surface area contributed by atoms with E-state index >= 15 is 0 Å². The van der Waals surface area contributed by atoms with Gasteiger partial charge in [0.15, 0.2) is 5.78 Å². The summed E-state index contributed by atoms with van der Waals surface area (Å²) in [6.45, 7) is 3.85. The number of nitrogens with zero attached hydrogens (tertiary/aromatic N) is 1. The average Bonchev–Trinajstić information content (AvgIpc) is 2.00. The van der Waals surface area contributed by atoms with Crippen LogP contribution in [0.1, 0.15) is 23.7 Å². The Morgan fingerprint density at radius 1 is 1.43 bits per heavy atom. The highest BCUT2D eigenvalue weighted by atomic mass is 79.9. The number of ketones is 1. The number of hydrogen-bond donors (Lipinski definition) is 0. The van der Waals surface area contributed by atoms with E-state index in [9.17, 15) is 4.79 Å². The Bertz CT molecular complexity index is 372. The van der Waals surface area contributed by atoms with Crippen LogP contribution in [-0.2, 0) is 0 Å². The van der Waals surface area contributed by atoms with E-state index in [1.807, 2.05) is 18.2 Å². The van der Waals surface area contributed by atoms with Crippen LogP contribution in [0, 0.1) is 0 Å². The third-order valence-electron chi connectivity index (χ3n) is 2.55. The van der Waals surface area contributed by atoms with Crippen molar-refractivity contribution in [3.05, 3.63) is 28.2 Å². The zero-order valence-corrected chi connectivity index (χ0v) is 9.67. The number of Topliss-reactive ketones (excluding diaryl/α,β-unsaturated/α-hetero) is 1. The van der Waals surface area contributed by atoms with Gasteiger partial charge in [0.25, 0.3) is 0 Å². The van der Waals surface area contributed by atoms with Gasteiger partial charge in [-0.25, -0.2) is 0 Å². The van der Waals surface area contributed by atoms with Gasteiger partial charge >= 0.3 is 0 Å². The quantitative estimate of drug-likeness (QED) is 0.756. The predicted molar refractivity (Wildman–Crippen MR) is 61.0 cm³/mol. The third-order valence-corrected chi connectivity index (χ3v) is 3.21. The van der Waals surface area contributed by atoms with Crippen molar-refractivity contribution in [3.63, 3.8) is 0 Å². The molecule has 3 heteroatoms. The molecule has 1 aromatic carbocycles. The Morgan fingerprint density at radius 3 is 2.57 bits per heavy atom. The second kappa shape index (κ2) is 3.73. The highest BCUT2D eigenvalue weighted by molar-refractivity contribution is 9.10. The van der Waals surface area contributed by atoms with E-state index in [0.717, 1.165) is 23.1 Å². The lowest BCUT2D eigenvalue weighted by molar-refractivity contribution is 0.101. The number of rotatable bonds is 2. The SMILES string of the molecule is CC(=O)c1ccc(N2CCC2)cc1Br. The predicted octanol–water partition coefficient (Wildman–Crippen LogP) is 2.86. The minimum atomic E-state index is 0.104.